The van der Waals surface area contributed by atoms with Gasteiger partial charge < -0.3 is 4.84 Å². The van der Waals surface area contributed by atoms with E-state index in [1.54, 1.807) is 6.21 Å². The summed E-state index contributed by atoms with van der Waals surface area (Å²) >= 11 is 0. The lowest BCUT2D eigenvalue weighted by Crippen LogP contribution is -1.84. The molecule has 0 spiro atoms. The van der Waals surface area contributed by atoms with E-state index in [0.717, 1.165) is 5.56 Å². The van der Waals surface area contributed by atoms with E-state index in [-0.39, 0.29) is 0 Å². The van der Waals surface area contributed by atoms with Crippen LogP contribution in [0.5, 0.6) is 0 Å². The van der Waals surface area contributed by atoms with Crippen LogP contribution in [0.25, 0.3) is 6.08 Å². The summed E-state index contributed by atoms with van der Waals surface area (Å²) in [4.78, 5) is 4.89. The monoisotopic (exact) mass is 215 g/mol. The largest absolute Gasteiger partial charge is 0.396 e. The third-order valence-corrected chi connectivity index (χ3v) is 1.93. The van der Waals surface area contributed by atoms with Crippen molar-refractivity contribution in [2.24, 2.45) is 5.16 Å². The van der Waals surface area contributed by atoms with Crippen molar-refractivity contribution in [3.63, 3.8) is 0 Å². The molecule has 0 aliphatic heterocycles. The normalized spacial score (nSPS) is 11.9. The summed E-state index contributed by atoms with van der Waals surface area (Å²) in [5.74, 6) is 0. The van der Waals surface area contributed by atoms with Crippen LogP contribution < -0.4 is 0 Å². The van der Waals surface area contributed by atoms with Crippen LogP contribution in [0.15, 0.2) is 47.6 Å². The summed E-state index contributed by atoms with van der Waals surface area (Å²) in [6.07, 6.45) is 9.79. The van der Waals surface area contributed by atoms with Crippen molar-refractivity contribution in [1.29, 1.82) is 0 Å². The van der Waals surface area contributed by atoms with E-state index in [4.69, 9.17) is 4.84 Å². The fourth-order valence-corrected chi connectivity index (χ4v) is 1.14. The minimum Gasteiger partial charge on any atom is -0.396 e. The Kier molecular flexibility index (Phi) is 5.71. The molecule has 2 nitrogen and oxygen atoms in total. The molecule has 0 N–H and O–H groups in total. The van der Waals surface area contributed by atoms with Crippen molar-refractivity contribution >= 4 is 12.3 Å². The van der Waals surface area contributed by atoms with Gasteiger partial charge in [-0.1, -0.05) is 53.7 Å². The quantitative estimate of drug-likeness (QED) is 0.417. The lowest BCUT2D eigenvalue weighted by Gasteiger charge is -1.95. The lowest BCUT2D eigenvalue weighted by atomic mass is 10.1. The Balaban J connectivity index is 2.60. The van der Waals surface area contributed by atoms with Gasteiger partial charge in [-0.25, -0.2) is 0 Å². The molecule has 0 radical (unpaired) electrons. The zero-order valence-corrected chi connectivity index (χ0v) is 9.76. The summed E-state index contributed by atoms with van der Waals surface area (Å²) in [5, 5.41) is 3.81. The van der Waals surface area contributed by atoms with Gasteiger partial charge >= 0.3 is 0 Å². The molecule has 16 heavy (non-hydrogen) atoms. The molecule has 1 aromatic carbocycles. The highest BCUT2D eigenvalue weighted by Gasteiger charge is 1.88. The minimum absolute atomic E-state index is 0.598. The molecule has 0 aliphatic carbocycles. The van der Waals surface area contributed by atoms with Crippen LogP contribution in [0.4, 0.5) is 0 Å². The first kappa shape index (κ1) is 12.2. The van der Waals surface area contributed by atoms with Gasteiger partial charge in [0, 0.05) is 0 Å². The summed E-state index contributed by atoms with van der Waals surface area (Å²) in [7, 11) is 0. The zero-order chi connectivity index (χ0) is 11.6. The van der Waals surface area contributed by atoms with Crippen molar-refractivity contribution in [2.75, 3.05) is 6.61 Å². The predicted molar refractivity (Wildman–Crippen MR) is 69.5 cm³/mol. The fourth-order valence-electron chi connectivity index (χ4n) is 1.14. The molecule has 0 saturated heterocycles. The highest BCUT2D eigenvalue weighted by atomic mass is 16.6. The van der Waals surface area contributed by atoms with Gasteiger partial charge in [-0.05, 0) is 25.0 Å². The molecule has 84 valence electrons. The highest BCUT2D eigenvalue weighted by molar-refractivity contribution is 5.79. The van der Waals surface area contributed by atoms with E-state index in [0.29, 0.717) is 6.61 Å². The number of benzene rings is 1. The molecular weight excluding hydrogens is 198 g/mol. The van der Waals surface area contributed by atoms with Gasteiger partial charge in [0.25, 0.3) is 0 Å². The number of nitrogens with zero attached hydrogens (tertiary/aromatic N) is 1. The second-order valence-electron chi connectivity index (χ2n) is 3.20. The molecule has 0 aliphatic rings. The zero-order valence-electron chi connectivity index (χ0n) is 9.76. The third kappa shape index (κ3) is 4.60. The van der Waals surface area contributed by atoms with Gasteiger partial charge in [-0.3, -0.25) is 0 Å². The molecule has 0 unspecified atom stereocenters. The Bertz CT molecular complexity index is 374. The Morgan fingerprint density at radius 3 is 2.44 bits per heavy atom. The highest BCUT2D eigenvalue weighted by Crippen LogP contribution is 2.04. The molecular formula is C14H17NO. The summed E-state index contributed by atoms with van der Waals surface area (Å²) < 4.78 is 0. The molecule has 0 fully saturated rings. The van der Waals surface area contributed by atoms with Gasteiger partial charge in [0.2, 0.25) is 0 Å². The van der Waals surface area contributed by atoms with Crippen LogP contribution in [0, 0.1) is 0 Å². The second kappa shape index (κ2) is 7.46. The standard InChI is InChI=1S/C14H17NO/c1-3-5-6-7-13-8-10-14(11-9-13)12-15-16-4-2/h3,5-12H,4H2,1-2H3. The lowest BCUT2D eigenvalue weighted by molar-refractivity contribution is 0.160. The average molecular weight is 215 g/mol. The number of allylic oxidation sites excluding steroid dienone is 3. The van der Waals surface area contributed by atoms with Gasteiger partial charge in [-0.15, -0.1) is 0 Å². The Morgan fingerprint density at radius 2 is 1.81 bits per heavy atom. The molecule has 0 heterocycles. The molecule has 0 atom stereocenters. The van der Waals surface area contributed by atoms with E-state index in [1.165, 1.54) is 5.56 Å². The predicted octanol–water partition coefficient (Wildman–Crippen LogP) is 3.65. The van der Waals surface area contributed by atoms with Gasteiger partial charge in [-0.2, -0.15) is 0 Å². The van der Waals surface area contributed by atoms with Gasteiger partial charge in [0.05, 0.1) is 6.21 Å². The average Bonchev–Trinajstić information content (AvgIpc) is 2.32. The Labute approximate surface area is 96.9 Å². The summed E-state index contributed by atoms with van der Waals surface area (Å²) in [6.45, 7) is 4.50. The Morgan fingerprint density at radius 1 is 1.12 bits per heavy atom. The first-order valence-corrected chi connectivity index (χ1v) is 5.41. The smallest absolute Gasteiger partial charge is 0.114 e. The van der Waals surface area contributed by atoms with Crippen molar-refractivity contribution in [3.8, 4) is 0 Å². The van der Waals surface area contributed by atoms with Gasteiger partial charge in [0.1, 0.15) is 6.61 Å². The molecule has 0 aromatic heterocycles. The van der Waals surface area contributed by atoms with E-state index >= 15 is 0 Å². The summed E-state index contributed by atoms with van der Waals surface area (Å²) in [6, 6.07) is 8.12. The van der Waals surface area contributed by atoms with Crippen molar-refractivity contribution < 1.29 is 4.84 Å². The van der Waals surface area contributed by atoms with E-state index < -0.39 is 0 Å². The van der Waals surface area contributed by atoms with E-state index in [9.17, 15) is 0 Å². The number of oxime groups is 1. The topological polar surface area (TPSA) is 21.6 Å². The number of rotatable bonds is 5. The maximum atomic E-state index is 4.89. The first-order valence-electron chi connectivity index (χ1n) is 5.41. The SMILES string of the molecule is CC=CC=Cc1ccc(C=NOCC)cc1. The second-order valence-corrected chi connectivity index (χ2v) is 3.20. The molecule has 0 saturated carbocycles. The molecule has 0 bridgehead atoms. The first-order chi connectivity index (χ1) is 7.86. The van der Waals surface area contributed by atoms with E-state index in [2.05, 4.69) is 11.2 Å². The summed E-state index contributed by atoms with van der Waals surface area (Å²) in [5.41, 5.74) is 2.21. The maximum Gasteiger partial charge on any atom is 0.114 e. The minimum atomic E-state index is 0.598. The number of hydrogen-bond donors (Lipinski definition) is 0. The van der Waals surface area contributed by atoms with Crippen molar-refractivity contribution in [3.05, 3.63) is 53.6 Å². The van der Waals surface area contributed by atoms with Gasteiger partial charge in [0.15, 0.2) is 0 Å². The number of hydrogen-bond acceptors (Lipinski definition) is 2. The van der Waals surface area contributed by atoms with Crippen LogP contribution in [0.2, 0.25) is 0 Å². The fraction of sp³-hybridized carbons (Fsp3) is 0.214. The third-order valence-electron chi connectivity index (χ3n) is 1.93. The van der Waals surface area contributed by atoms with Crippen LogP contribution in [-0.2, 0) is 4.84 Å². The molecule has 0 amide bonds. The van der Waals surface area contributed by atoms with Crippen molar-refractivity contribution in [1.82, 2.24) is 0 Å². The van der Waals surface area contributed by atoms with Crippen molar-refractivity contribution in [2.45, 2.75) is 13.8 Å². The van der Waals surface area contributed by atoms with Crippen LogP contribution in [0.1, 0.15) is 25.0 Å². The molecule has 1 aromatic rings. The Hall–Kier alpha value is -1.83. The van der Waals surface area contributed by atoms with Crippen LogP contribution in [-0.4, -0.2) is 12.8 Å². The maximum absolute atomic E-state index is 4.89. The molecule has 2 heteroatoms. The van der Waals surface area contributed by atoms with Crippen LogP contribution >= 0.6 is 0 Å². The van der Waals surface area contributed by atoms with Crippen LogP contribution in [0.3, 0.4) is 0 Å². The van der Waals surface area contributed by atoms with E-state index in [1.807, 2.05) is 56.3 Å². The molecule has 1 rings (SSSR count).